The Morgan fingerprint density at radius 2 is 2.14 bits per heavy atom. The summed E-state index contributed by atoms with van der Waals surface area (Å²) in [7, 11) is -1.49. The van der Waals surface area contributed by atoms with Gasteiger partial charge in [0, 0.05) is 37.1 Å². The molecule has 1 N–H and O–H groups in total. The van der Waals surface area contributed by atoms with E-state index in [4.69, 9.17) is 0 Å². The molecule has 1 fully saturated rings. The number of rotatable bonds is 6. The van der Waals surface area contributed by atoms with Crippen LogP contribution in [0.5, 0.6) is 0 Å². The molecule has 1 aromatic heterocycles. The third-order valence-electron chi connectivity index (χ3n) is 4.22. The van der Waals surface area contributed by atoms with E-state index < -0.39 is 10.0 Å². The highest BCUT2D eigenvalue weighted by Crippen LogP contribution is 2.29. The summed E-state index contributed by atoms with van der Waals surface area (Å²) in [6.45, 7) is 7.52. The fourth-order valence-corrected chi connectivity index (χ4v) is 4.93. The Labute approximate surface area is 128 Å². The highest BCUT2D eigenvalue weighted by atomic mass is 32.2. The van der Waals surface area contributed by atoms with E-state index in [2.05, 4.69) is 26.1 Å². The number of sulfonamides is 1. The molecule has 6 heteroatoms. The quantitative estimate of drug-likeness (QED) is 0.877. The molecule has 1 atom stereocenters. The first-order chi connectivity index (χ1) is 9.91. The maximum Gasteiger partial charge on any atom is 0.244 e. The van der Waals surface area contributed by atoms with E-state index in [0.717, 1.165) is 25.0 Å². The minimum Gasteiger partial charge on any atom is -0.346 e. The van der Waals surface area contributed by atoms with Crippen LogP contribution in [0.2, 0.25) is 0 Å². The summed E-state index contributed by atoms with van der Waals surface area (Å²) in [4.78, 5) is 0.432. The van der Waals surface area contributed by atoms with Crippen LogP contribution >= 0.6 is 0 Å². The highest BCUT2D eigenvalue weighted by Gasteiger charge is 2.35. The molecule has 0 aliphatic carbocycles. The molecule has 1 aliphatic heterocycles. The van der Waals surface area contributed by atoms with Gasteiger partial charge < -0.3 is 9.88 Å². The van der Waals surface area contributed by atoms with E-state index in [0.29, 0.717) is 18.0 Å². The summed E-state index contributed by atoms with van der Waals surface area (Å²) in [5, 5.41) is 3.10. The minimum absolute atomic E-state index is 0.158. The van der Waals surface area contributed by atoms with E-state index in [1.165, 1.54) is 0 Å². The van der Waals surface area contributed by atoms with Gasteiger partial charge in [0.2, 0.25) is 10.0 Å². The van der Waals surface area contributed by atoms with Gasteiger partial charge in [0.05, 0.1) is 0 Å². The van der Waals surface area contributed by atoms with Crippen molar-refractivity contribution < 1.29 is 8.42 Å². The van der Waals surface area contributed by atoms with Gasteiger partial charge in [-0.1, -0.05) is 6.92 Å². The monoisotopic (exact) mass is 313 g/mol. The maximum atomic E-state index is 12.9. The van der Waals surface area contributed by atoms with Crippen LogP contribution in [0.1, 0.15) is 51.8 Å². The third kappa shape index (κ3) is 3.17. The summed E-state index contributed by atoms with van der Waals surface area (Å²) in [5.74, 6) is 0. The molecule has 1 aromatic rings. The van der Waals surface area contributed by atoms with E-state index >= 15 is 0 Å². The van der Waals surface area contributed by atoms with Crippen molar-refractivity contribution in [3.05, 3.63) is 18.0 Å². The zero-order valence-corrected chi connectivity index (χ0v) is 14.3. The van der Waals surface area contributed by atoms with Crippen molar-refractivity contribution >= 4 is 10.0 Å². The predicted octanol–water partition coefficient (Wildman–Crippen LogP) is 2.35. The molecule has 0 amide bonds. The number of aromatic nitrogens is 1. The van der Waals surface area contributed by atoms with Crippen LogP contribution in [-0.4, -0.2) is 36.9 Å². The molecular weight excluding hydrogens is 286 g/mol. The van der Waals surface area contributed by atoms with Gasteiger partial charge in [0.15, 0.2) is 0 Å². The summed E-state index contributed by atoms with van der Waals surface area (Å²) in [5.41, 5.74) is 1.01. The topological polar surface area (TPSA) is 54.3 Å². The molecule has 0 spiro atoms. The standard InChI is InChI=1S/C15H27N3O2S/c1-5-13-7-6-8-18(13)21(19,20)15-9-14(10-16-4)17(11-15)12(2)3/h9,11-13,16H,5-8,10H2,1-4H3. The molecule has 1 unspecified atom stereocenters. The second-order valence-electron chi connectivity index (χ2n) is 6.02. The second-order valence-corrected chi connectivity index (χ2v) is 7.91. The molecule has 0 radical (unpaired) electrons. The Kier molecular flexibility index (Phi) is 5.11. The summed E-state index contributed by atoms with van der Waals surface area (Å²) in [6.07, 6.45) is 4.61. The van der Waals surface area contributed by atoms with E-state index in [1.54, 1.807) is 10.5 Å². The average molecular weight is 313 g/mol. The number of hydrogen-bond donors (Lipinski definition) is 1. The molecule has 0 saturated carbocycles. The lowest BCUT2D eigenvalue weighted by atomic mass is 10.2. The van der Waals surface area contributed by atoms with Crippen LogP contribution in [0.15, 0.2) is 17.2 Å². The molecule has 5 nitrogen and oxygen atoms in total. The van der Waals surface area contributed by atoms with Gasteiger partial charge >= 0.3 is 0 Å². The van der Waals surface area contributed by atoms with Gasteiger partial charge in [0.1, 0.15) is 4.90 Å². The van der Waals surface area contributed by atoms with Crippen molar-refractivity contribution in [3.63, 3.8) is 0 Å². The van der Waals surface area contributed by atoms with Gasteiger partial charge in [-0.25, -0.2) is 8.42 Å². The number of nitrogens with one attached hydrogen (secondary N) is 1. The Morgan fingerprint density at radius 1 is 1.43 bits per heavy atom. The Bertz CT molecular complexity index is 578. The third-order valence-corrected chi connectivity index (χ3v) is 6.14. The second kappa shape index (κ2) is 6.50. The highest BCUT2D eigenvalue weighted by molar-refractivity contribution is 7.89. The maximum absolute atomic E-state index is 12.9. The number of hydrogen-bond acceptors (Lipinski definition) is 3. The van der Waals surface area contributed by atoms with Crippen LogP contribution < -0.4 is 5.32 Å². The van der Waals surface area contributed by atoms with E-state index in [1.807, 2.05) is 17.7 Å². The Morgan fingerprint density at radius 3 is 2.71 bits per heavy atom. The smallest absolute Gasteiger partial charge is 0.244 e. The summed E-state index contributed by atoms with van der Waals surface area (Å²) < 4.78 is 29.5. The van der Waals surface area contributed by atoms with Gasteiger partial charge in [-0.2, -0.15) is 4.31 Å². The number of nitrogens with zero attached hydrogens (tertiary/aromatic N) is 2. The van der Waals surface area contributed by atoms with E-state index in [-0.39, 0.29) is 12.1 Å². The Balaban J connectivity index is 2.38. The molecule has 1 aliphatic rings. The fraction of sp³-hybridized carbons (Fsp3) is 0.733. The zero-order valence-electron chi connectivity index (χ0n) is 13.5. The SMILES string of the molecule is CCC1CCCN1S(=O)(=O)c1cc(CNC)n(C(C)C)c1. The van der Waals surface area contributed by atoms with Crippen molar-refractivity contribution in [2.75, 3.05) is 13.6 Å². The Hall–Kier alpha value is -0.850. The molecule has 2 heterocycles. The van der Waals surface area contributed by atoms with Crippen LogP contribution in [0.3, 0.4) is 0 Å². The van der Waals surface area contributed by atoms with Crippen molar-refractivity contribution in [1.29, 1.82) is 0 Å². The van der Waals surface area contributed by atoms with Crippen molar-refractivity contribution in [2.24, 2.45) is 0 Å². The average Bonchev–Trinajstić information content (AvgIpc) is 3.05. The molecule has 21 heavy (non-hydrogen) atoms. The fourth-order valence-electron chi connectivity index (χ4n) is 3.11. The predicted molar refractivity (Wildman–Crippen MR) is 84.8 cm³/mol. The van der Waals surface area contributed by atoms with Gasteiger partial charge in [-0.3, -0.25) is 0 Å². The lowest BCUT2D eigenvalue weighted by molar-refractivity contribution is 0.379. The molecule has 2 rings (SSSR count). The summed E-state index contributed by atoms with van der Waals surface area (Å²) in [6, 6.07) is 2.22. The molecule has 0 aromatic carbocycles. The van der Waals surface area contributed by atoms with Crippen LogP contribution in [-0.2, 0) is 16.6 Å². The van der Waals surface area contributed by atoms with Crippen molar-refractivity contribution in [1.82, 2.24) is 14.2 Å². The zero-order chi connectivity index (χ0) is 15.6. The molecular formula is C15H27N3O2S. The first-order valence-corrected chi connectivity index (χ1v) is 9.23. The van der Waals surface area contributed by atoms with E-state index in [9.17, 15) is 8.42 Å². The first kappa shape index (κ1) is 16.5. The van der Waals surface area contributed by atoms with Crippen LogP contribution in [0, 0.1) is 0 Å². The lowest BCUT2D eigenvalue weighted by Gasteiger charge is -2.22. The van der Waals surface area contributed by atoms with Gasteiger partial charge in [-0.05, 0) is 46.2 Å². The largest absolute Gasteiger partial charge is 0.346 e. The van der Waals surface area contributed by atoms with Crippen LogP contribution in [0.25, 0.3) is 0 Å². The lowest BCUT2D eigenvalue weighted by Crippen LogP contribution is -2.34. The minimum atomic E-state index is -3.37. The van der Waals surface area contributed by atoms with Gasteiger partial charge in [-0.15, -0.1) is 0 Å². The first-order valence-electron chi connectivity index (χ1n) is 7.79. The van der Waals surface area contributed by atoms with Crippen molar-refractivity contribution in [2.45, 2.75) is 63.6 Å². The molecule has 0 bridgehead atoms. The summed E-state index contributed by atoms with van der Waals surface area (Å²) >= 11 is 0. The molecule has 1 saturated heterocycles. The normalized spacial score (nSPS) is 20.5. The molecule has 120 valence electrons. The van der Waals surface area contributed by atoms with Crippen molar-refractivity contribution in [3.8, 4) is 0 Å². The van der Waals surface area contributed by atoms with Gasteiger partial charge in [0.25, 0.3) is 0 Å². The van der Waals surface area contributed by atoms with Crippen LogP contribution in [0.4, 0.5) is 0 Å².